The Kier molecular flexibility index (Phi) is 6.35. The molecule has 0 bridgehead atoms. The molecule has 0 saturated heterocycles. The third-order valence-electron chi connectivity index (χ3n) is 3.65. The summed E-state index contributed by atoms with van der Waals surface area (Å²) in [6.07, 6.45) is 0. The van der Waals surface area contributed by atoms with Crippen LogP contribution >= 0.6 is 11.6 Å². The number of benzene rings is 2. The third-order valence-corrected chi connectivity index (χ3v) is 3.90. The maximum absolute atomic E-state index is 12.5. The Balaban J connectivity index is 2.20. The van der Waals surface area contributed by atoms with Crippen molar-refractivity contribution in [1.82, 2.24) is 16.0 Å². The molecule has 2 aromatic carbocycles. The lowest BCUT2D eigenvalue weighted by molar-refractivity contribution is -0.122. The Labute approximate surface area is 146 Å². The highest BCUT2D eigenvalue weighted by Crippen LogP contribution is 2.21. The monoisotopic (exact) mass is 345 g/mol. The lowest BCUT2D eigenvalue weighted by atomic mass is 10.0. The van der Waals surface area contributed by atoms with E-state index in [2.05, 4.69) is 16.0 Å². The van der Waals surface area contributed by atoms with Crippen molar-refractivity contribution >= 4 is 23.5 Å². The molecule has 24 heavy (non-hydrogen) atoms. The standard InChI is InChI=1S/C18H20ClN3O2/c1-12(13-8-10-15(19)11-9-13)21-16(14-6-4-3-5-7-14)17(23)22-18(24)20-2/h3-12,16,21H,1-2H3,(H2,20,22,23,24)/t12-,16-/m0/s1. The van der Waals surface area contributed by atoms with Gasteiger partial charge in [-0.3, -0.25) is 15.4 Å². The summed E-state index contributed by atoms with van der Waals surface area (Å²) in [5.41, 5.74) is 1.77. The molecule has 0 aromatic heterocycles. The van der Waals surface area contributed by atoms with E-state index in [1.165, 1.54) is 7.05 Å². The largest absolute Gasteiger partial charge is 0.341 e. The first-order valence-corrected chi connectivity index (χ1v) is 7.98. The Morgan fingerprint density at radius 3 is 2.17 bits per heavy atom. The van der Waals surface area contributed by atoms with Gasteiger partial charge in [-0.05, 0) is 30.2 Å². The predicted molar refractivity (Wildman–Crippen MR) is 94.8 cm³/mol. The quantitative estimate of drug-likeness (QED) is 0.779. The molecule has 3 amide bonds. The van der Waals surface area contributed by atoms with E-state index < -0.39 is 18.0 Å². The van der Waals surface area contributed by atoms with Gasteiger partial charge in [-0.15, -0.1) is 0 Å². The number of urea groups is 1. The van der Waals surface area contributed by atoms with Gasteiger partial charge in [0, 0.05) is 18.1 Å². The Morgan fingerprint density at radius 1 is 0.958 bits per heavy atom. The normalized spacial score (nSPS) is 13.0. The minimum atomic E-state index is -0.658. The van der Waals surface area contributed by atoms with Crippen molar-refractivity contribution < 1.29 is 9.59 Å². The first-order chi connectivity index (χ1) is 11.5. The molecule has 2 aromatic rings. The average molecular weight is 346 g/mol. The van der Waals surface area contributed by atoms with Crippen molar-refractivity contribution in [2.24, 2.45) is 0 Å². The number of hydrogen-bond donors (Lipinski definition) is 3. The number of imide groups is 1. The van der Waals surface area contributed by atoms with Gasteiger partial charge in [0.15, 0.2) is 0 Å². The van der Waals surface area contributed by atoms with Crippen molar-refractivity contribution in [3.63, 3.8) is 0 Å². The number of carbonyl (C=O) groups excluding carboxylic acids is 2. The summed E-state index contributed by atoms with van der Waals surface area (Å²) in [6, 6.07) is 15.4. The number of carbonyl (C=O) groups is 2. The van der Waals surface area contributed by atoms with Gasteiger partial charge < -0.3 is 5.32 Å². The molecule has 0 radical (unpaired) electrons. The number of halogens is 1. The van der Waals surface area contributed by atoms with Crippen molar-refractivity contribution in [1.29, 1.82) is 0 Å². The van der Waals surface area contributed by atoms with Gasteiger partial charge in [0.05, 0.1) is 0 Å². The van der Waals surface area contributed by atoms with Crippen LogP contribution in [0.3, 0.4) is 0 Å². The van der Waals surface area contributed by atoms with Crippen LogP contribution in [0.2, 0.25) is 5.02 Å². The predicted octanol–water partition coefficient (Wildman–Crippen LogP) is 3.19. The molecule has 6 heteroatoms. The maximum Gasteiger partial charge on any atom is 0.321 e. The van der Waals surface area contributed by atoms with E-state index in [1.807, 2.05) is 49.4 Å². The van der Waals surface area contributed by atoms with Crippen LogP contribution in [0.5, 0.6) is 0 Å². The van der Waals surface area contributed by atoms with Gasteiger partial charge in [0.2, 0.25) is 5.91 Å². The average Bonchev–Trinajstić information content (AvgIpc) is 2.60. The Hall–Kier alpha value is -2.37. The van der Waals surface area contributed by atoms with Crippen LogP contribution < -0.4 is 16.0 Å². The molecule has 0 saturated carbocycles. The number of hydrogen-bond acceptors (Lipinski definition) is 3. The topological polar surface area (TPSA) is 70.2 Å². The number of amides is 3. The number of rotatable bonds is 5. The zero-order valence-electron chi connectivity index (χ0n) is 13.5. The fourth-order valence-corrected chi connectivity index (χ4v) is 2.44. The first kappa shape index (κ1) is 18.0. The second-order valence-corrected chi connectivity index (χ2v) is 5.79. The first-order valence-electron chi connectivity index (χ1n) is 7.60. The summed E-state index contributed by atoms with van der Waals surface area (Å²) < 4.78 is 0. The molecule has 0 aliphatic rings. The number of nitrogens with one attached hydrogen (secondary N) is 3. The second-order valence-electron chi connectivity index (χ2n) is 5.35. The van der Waals surface area contributed by atoms with E-state index in [0.29, 0.717) is 5.02 Å². The smallest absolute Gasteiger partial charge is 0.321 e. The van der Waals surface area contributed by atoms with Gasteiger partial charge in [0.25, 0.3) is 0 Å². The summed E-state index contributed by atoms with van der Waals surface area (Å²) in [5, 5.41) is 8.62. The molecule has 0 aliphatic carbocycles. The molecule has 2 rings (SSSR count). The summed E-state index contributed by atoms with van der Waals surface area (Å²) in [6.45, 7) is 1.95. The molecule has 126 valence electrons. The Morgan fingerprint density at radius 2 is 1.58 bits per heavy atom. The fraction of sp³-hybridized carbons (Fsp3) is 0.222. The molecule has 0 fully saturated rings. The summed E-state index contributed by atoms with van der Waals surface area (Å²) >= 11 is 5.91. The highest BCUT2D eigenvalue weighted by atomic mass is 35.5. The molecule has 0 unspecified atom stereocenters. The van der Waals surface area contributed by atoms with Crippen molar-refractivity contribution in [3.8, 4) is 0 Å². The molecule has 0 heterocycles. The van der Waals surface area contributed by atoms with Crippen LogP contribution in [-0.2, 0) is 4.79 Å². The zero-order valence-corrected chi connectivity index (χ0v) is 14.3. The van der Waals surface area contributed by atoms with Crippen LogP contribution in [0.15, 0.2) is 54.6 Å². The maximum atomic E-state index is 12.5. The van der Waals surface area contributed by atoms with Gasteiger partial charge in [-0.2, -0.15) is 0 Å². The fourth-order valence-electron chi connectivity index (χ4n) is 2.31. The molecule has 2 atom stereocenters. The van der Waals surface area contributed by atoms with Crippen LogP contribution in [0.25, 0.3) is 0 Å². The van der Waals surface area contributed by atoms with Crippen LogP contribution in [0, 0.1) is 0 Å². The zero-order chi connectivity index (χ0) is 17.5. The van der Waals surface area contributed by atoms with E-state index in [4.69, 9.17) is 11.6 Å². The minimum absolute atomic E-state index is 0.108. The van der Waals surface area contributed by atoms with E-state index >= 15 is 0 Å². The minimum Gasteiger partial charge on any atom is -0.341 e. The van der Waals surface area contributed by atoms with Crippen molar-refractivity contribution in [2.75, 3.05) is 7.05 Å². The highest BCUT2D eigenvalue weighted by Gasteiger charge is 2.24. The summed E-state index contributed by atoms with van der Waals surface area (Å²) in [7, 11) is 1.46. The SMILES string of the molecule is CNC(=O)NC(=O)[C@@H](N[C@@H](C)c1ccc(Cl)cc1)c1ccccc1. The van der Waals surface area contributed by atoms with Gasteiger partial charge in [-0.1, -0.05) is 54.1 Å². The van der Waals surface area contributed by atoms with E-state index in [9.17, 15) is 9.59 Å². The van der Waals surface area contributed by atoms with Crippen LogP contribution in [0.1, 0.15) is 30.1 Å². The van der Waals surface area contributed by atoms with E-state index in [-0.39, 0.29) is 6.04 Å². The highest BCUT2D eigenvalue weighted by molar-refractivity contribution is 6.30. The van der Waals surface area contributed by atoms with Gasteiger partial charge >= 0.3 is 6.03 Å². The molecule has 0 aliphatic heterocycles. The van der Waals surface area contributed by atoms with Crippen molar-refractivity contribution in [2.45, 2.75) is 19.0 Å². The van der Waals surface area contributed by atoms with Gasteiger partial charge in [-0.25, -0.2) is 4.79 Å². The second kappa shape index (κ2) is 8.47. The third kappa shape index (κ3) is 4.81. The molecule has 5 nitrogen and oxygen atoms in total. The van der Waals surface area contributed by atoms with Crippen LogP contribution in [-0.4, -0.2) is 19.0 Å². The molecular weight excluding hydrogens is 326 g/mol. The van der Waals surface area contributed by atoms with Crippen LogP contribution in [0.4, 0.5) is 4.79 Å². The Bertz CT molecular complexity index is 689. The summed E-state index contributed by atoms with van der Waals surface area (Å²) in [5.74, 6) is -0.415. The van der Waals surface area contributed by atoms with Gasteiger partial charge in [0.1, 0.15) is 6.04 Å². The lowest BCUT2D eigenvalue weighted by Gasteiger charge is -2.23. The molecule has 3 N–H and O–H groups in total. The van der Waals surface area contributed by atoms with Crippen molar-refractivity contribution in [3.05, 3.63) is 70.7 Å². The molecule has 0 spiro atoms. The molecular formula is C18H20ClN3O2. The summed E-state index contributed by atoms with van der Waals surface area (Å²) in [4.78, 5) is 23.9. The van der Waals surface area contributed by atoms with E-state index in [0.717, 1.165) is 11.1 Å². The van der Waals surface area contributed by atoms with E-state index in [1.54, 1.807) is 12.1 Å². The lowest BCUT2D eigenvalue weighted by Crippen LogP contribution is -2.44.